The van der Waals surface area contributed by atoms with Gasteiger partial charge in [0.05, 0.1) is 6.61 Å². The van der Waals surface area contributed by atoms with Crippen molar-refractivity contribution in [2.45, 2.75) is 50.4 Å². The van der Waals surface area contributed by atoms with Crippen LogP contribution in [0.1, 0.15) is 39.3 Å². The number of aromatic nitrogens is 1. The molecule has 1 atom stereocenters. The Balaban J connectivity index is 2.40. The third-order valence-electron chi connectivity index (χ3n) is 2.94. The summed E-state index contributed by atoms with van der Waals surface area (Å²) in [5, 5.41) is 5.31. The number of esters is 1. The second-order valence-corrected chi connectivity index (χ2v) is 6.99. The zero-order valence-corrected chi connectivity index (χ0v) is 14.3. The molecule has 0 radical (unpaired) electrons. The van der Waals surface area contributed by atoms with Crippen LogP contribution in [-0.4, -0.2) is 35.4 Å². The summed E-state index contributed by atoms with van der Waals surface area (Å²) in [6.07, 6.45) is 1.72. The standard InChI is InChI=1S/C14H24N2O2S2/c1-5-15-14(4,12(17)18-6-2)8-7-9-19-13-16-11(3)10-20-13/h10,15H,5-9H2,1-4H3. The van der Waals surface area contributed by atoms with Crippen molar-refractivity contribution in [1.82, 2.24) is 10.3 Å². The maximum absolute atomic E-state index is 12.0. The molecule has 0 spiro atoms. The summed E-state index contributed by atoms with van der Waals surface area (Å²) in [5.74, 6) is 0.810. The minimum absolute atomic E-state index is 0.156. The highest BCUT2D eigenvalue weighted by Crippen LogP contribution is 2.25. The van der Waals surface area contributed by atoms with Crippen LogP contribution in [0.5, 0.6) is 0 Å². The number of ether oxygens (including phenoxy) is 1. The zero-order chi connectivity index (χ0) is 15.0. The summed E-state index contributed by atoms with van der Waals surface area (Å²) in [4.78, 5) is 16.4. The first kappa shape index (κ1) is 17.5. The maximum Gasteiger partial charge on any atom is 0.326 e. The van der Waals surface area contributed by atoms with Gasteiger partial charge in [0, 0.05) is 16.8 Å². The smallest absolute Gasteiger partial charge is 0.326 e. The molecule has 4 nitrogen and oxygen atoms in total. The van der Waals surface area contributed by atoms with Crippen LogP contribution in [-0.2, 0) is 9.53 Å². The summed E-state index contributed by atoms with van der Waals surface area (Å²) < 4.78 is 6.26. The third kappa shape index (κ3) is 5.42. The summed E-state index contributed by atoms with van der Waals surface area (Å²) in [6, 6.07) is 0. The highest BCUT2D eigenvalue weighted by molar-refractivity contribution is 8.00. The molecule has 0 saturated carbocycles. The Morgan fingerprint density at radius 1 is 1.55 bits per heavy atom. The maximum atomic E-state index is 12.0. The molecule has 6 heteroatoms. The number of nitrogens with one attached hydrogen (secondary N) is 1. The topological polar surface area (TPSA) is 51.2 Å². The van der Waals surface area contributed by atoms with Crippen molar-refractivity contribution >= 4 is 29.1 Å². The Labute approximate surface area is 129 Å². The van der Waals surface area contributed by atoms with Crippen molar-refractivity contribution in [3.05, 3.63) is 11.1 Å². The van der Waals surface area contributed by atoms with E-state index >= 15 is 0 Å². The van der Waals surface area contributed by atoms with E-state index in [-0.39, 0.29) is 5.97 Å². The Morgan fingerprint density at radius 3 is 2.85 bits per heavy atom. The van der Waals surface area contributed by atoms with E-state index in [1.54, 1.807) is 23.1 Å². The predicted octanol–water partition coefficient (Wildman–Crippen LogP) is 3.26. The van der Waals surface area contributed by atoms with E-state index in [0.717, 1.165) is 35.2 Å². The number of rotatable bonds is 9. The molecule has 114 valence electrons. The second-order valence-electron chi connectivity index (χ2n) is 4.79. The van der Waals surface area contributed by atoms with Gasteiger partial charge in [0.1, 0.15) is 9.88 Å². The first-order chi connectivity index (χ1) is 9.51. The van der Waals surface area contributed by atoms with E-state index in [1.807, 2.05) is 27.7 Å². The zero-order valence-electron chi connectivity index (χ0n) is 12.7. The molecule has 20 heavy (non-hydrogen) atoms. The van der Waals surface area contributed by atoms with Gasteiger partial charge in [-0.25, -0.2) is 4.98 Å². The van der Waals surface area contributed by atoms with E-state index in [0.29, 0.717) is 6.61 Å². The second kappa shape index (κ2) is 8.64. The molecule has 0 aliphatic rings. The van der Waals surface area contributed by atoms with Gasteiger partial charge in [-0.15, -0.1) is 11.3 Å². The number of aryl methyl sites for hydroxylation is 1. The van der Waals surface area contributed by atoms with Crippen LogP contribution >= 0.6 is 23.1 Å². The Kier molecular flexibility index (Phi) is 7.55. The predicted molar refractivity (Wildman–Crippen MR) is 85.5 cm³/mol. The van der Waals surface area contributed by atoms with Gasteiger partial charge >= 0.3 is 5.97 Å². The summed E-state index contributed by atoms with van der Waals surface area (Å²) in [5.41, 5.74) is 0.492. The van der Waals surface area contributed by atoms with Crippen molar-refractivity contribution in [1.29, 1.82) is 0 Å². The third-order valence-corrected chi connectivity index (χ3v) is 5.16. The first-order valence-electron chi connectivity index (χ1n) is 6.99. The van der Waals surface area contributed by atoms with Gasteiger partial charge in [-0.05, 0) is 40.2 Å². The lowest BCUT2D eigenvalue weighted by Crippen LogP contribution is -2.50. The fraction of sp³-hybridized carbons (Fsp3) is 0.714. The number of thiazole rings is 1. The normalized spacial score (nSPS) is 14.0. The van der Waals surface area contributed by atoms with Crippen LogP contribution in [0.2, 0.25) is 0 Å². The number of carbonyl (C=O) groups excluding carboxylic acids is 1. The number of hydrogen-bond donors (Lipinski definition) is 1. The van der Waals surface area contributed by atoms with Gasteiger partial charge in [0.25, 0.3) is 0 Å². The van der Waals surface area contributed by atoms with Crippen molar-refractivity contribution in [3.63, 3.8) is 0 Å². The molecule has 1 heterocycles. The lowest BCUT2D eigenvalue weighted by atomic mass is 9.96. The molecule has 0 aliphatic heterocycles. The molecule has 1 aromatic rings. The minimum Gasteiger partial charge on any atom is -0.465 e. The highest BCUT2D eigenvalue weighted by atomic mass is 32.2. The first-order valence-corrected chi connectivity index (χ1v) is 8.85. The lowest BCUT2D eigenvalue weighted by molar-refractivity contribution is -0.150. The molecule has 1 aromatic heterocycles. The quantitative estimate of drug-likeness (QED) is 0.430. The summed E-state index contributed by atoms with van der Waals surface area (Å²) in [6.45, 7) is 8.95. The number of carbonyl (C=O) groups is 1. The van der Waals surface area contributed by atoms with Gasteiger partial charge in [-0.1, -0.05) is 18.7 Å². The lowest BCUT2D eigenvalue weighted by Gasteiger charge is -2.28. The Hall–Kier alpha value is -0.590. The van der Waals surface area contributed by atoms with Crippen LogP contribution in [0.3, 0.4) is 0 Å². The average Bonchev–Trinajstić information content (AvgIpc) is 2.81. The molecule has 0 aromatic carbocycles. The summed E-state index contributed by atoms with van der Waals surface area (Å²) >= 11 is 3.43. The van der Waals surface area contributed by atoms with Crippen molar-refractivity contribution in [2.24, 2.45) is 0 Å². The molecule has 1 N–H and O–H groups in total. The number of likely N-dealkylation sites (N-methyl/N-ethyl adjacent to an activating group) is 1. The minimum atomic E-state index is -0.579. The van der Waals surface area contributed by atoms with E-state index in [2.05, 4.69) is 15.7 Å². The van der Waals surface area contributed by atoms with Crippen LogP contribution in [0.4, 0.5) is 0 Å². The van der Waals surface area contributed by atoms with E-state index in [4.69, 9.17) is 4.74 Å². The molecule has 1 unspecified atom stereocenters. The number of nitrogens with zero attached hydrogens (tertiary/aromatic N) is 1. The van der Waals surface area contributed by atoms with E-state index < -0.39 is 5.54 Å². The molecule has 0 amide bonds. The molecule has 1 rings (SSSR count). The largest absolute Gasteiger partial charge is 0.465 e. The van der Waals surface area contributed by atoms with Gasteiger partial charge in [0.15, 0.2) is 0 Å². The van der Waals surface area contributed by atoms with E-state index in [1.165, 1.54) is 0 Å². The monoisotopic (exact) mass is 316 g/mol. The van der Waals surface area contributed by atoms with Gasteiger partial charge in [-0.3, -0.25) is 4.79 Å². The Bertz CT molecular complexity index is 423. The molecule has 0 aliphatic carbocycles. The number of thioether (sulfide) groups is 1. The van der Waals surface area contributed by atoms with Crippen LogP contribution < -0.4 is 5.32 Å². The van der Waals surface area contributed by atoms with Crippen LogP contribution in [0.15, 0.2) is 9.72 Å². The summed E-state index contributed by atoms with van der Waals surface area (Å²) in [7, 11) is 0. The molecule has 0 bridgehead atoms. The molecule has 0 fully saturated rings. The van der Waals surface area contributed by atoms with Crippen LogP contribution in [0.25, 0.3) is 0 Å². The fourth-order valence-electron chi connectivity index (χ4n) is 1.93. The van der Waals surface area contributed by atoms with Crippen molar-refractivity contribution < 1.29 is 9.53 Å². The molecular formula is C14H24N2O2S2. The van der Waals surface area contributed by atoms with Gasteiger partial charge < -0.3 is 10.1 Å². The van der Waals surface area contributed by atoms with E-state index in [9.17, 15) is 4.79 Å². The molecular weight excluding hydrogens is 292 g/mol. The number of hydrogen-bond acceptors (Lipinski definition) is 6. The average molecular weight is 316 g/mol. The van der Waals surface area contributed by atoms with Gasteiger partial charge in [0.2, 0.25) is 0 Å². The van der Waals surface area contributed by atoms with Crippen molar-refractivity contribution in [2.75, 3.05) is 18.9 Å². The highest BCUT2D eigenvalue weighted by Gasteiger charge is 2.33. The fourth-order valence-corrected chi connectivity index (χ4v) is 3.79. The van der Waals surface area contributed by atoms with Gasteiger partial charge in [-0.2, -0.15) is 0 Å². The Morgan fingerprint density at radius 2 is 2.30 bits per heavy atom. The SMILES string of the molecule is CCNC(C)(CCCSc1nc(C)cs1)C(=O)OCC. The molecule has 0 saturated heterocycles. The van der Waals surface area contributed by atoms with Crippen molar-refractivity contribution in [3.8, 4) is 0 Å². The van der Waals surface area contributed by atoms with Crippen LogP contribution in [0, 0.1) is 6.92 Å².